The first-order valence-electron chi connectivity index (χ1n) is 5.87. The lowest BCUT2D eigenvalue weighted by atomic mass is 9.90. The molecule has 1 aromatic heterocycles. The topological polar surface area (TPSA) is 57.4 Å². The van der Waals surface area contributed by atoms with Crippen LogP contribution in [-0.4, -0.2) is 35.3 Å². The molecule has 1 spiro atoms. The molecule has 2 fully saturated rings. The largest absolute Gasteiger partial charge is 0.347 e. The molecule has 2 atom stereocenters. The van der Waals surface area contributed by atoms with Gasteiger partial charge in [0, 0.05) is 35.7 Å². The number of rotatable bonds is 2. The van der Waals surface area contributed by atoms with Crippen LogP contribution in [-0.2, 0) is 9.47 Å². The highest BCUT2D eigenvalue weighted by Crippen LogP contribution is 2.42. The molecular weight excluding hydrogens is 256 g/mol. The van der Waals surface area contributed by atoms with E-state index in [9.17, 15) is 0 Å². The van der Waals surface area contributed by atoms with Gasteiger partial charge in [0.15, 0.2) is 5.79 Å². The predicted octanol–water partition coefficient (Wildman–Crippen LogP) is 1.86. The fourth-order valence-electron chi connectivity index (χ4n) is 2.42. The first-order valence-corrected chi connectivity index (χ1v) is 7.63. The van der Waals surface area contributed by atoms with Crippen molar-refractivity contribution >= 4 is 23.1 Å². The van der Waals surface area contributed by atoms with E-state index in [0.717, 1.165) is 23.6 Å². The molecule has 2 aliphatic rings. The van der Waals surface area contributed by atoms with Crippen molar-refractivity contribution in [3.05, 3.63) is 11.6 Å². The van der Waals surface area contributed by atoms with Gasteiger partial charge in [-0.1, -0.05) is 11.8 Å². The van der Waals surface area contributed by atoms with Gasteiger partial charge in [0.2, 0.25) is 0 Å². The number of thioether (sulfide) groups is 1. The average Bonchev–Trinajstić information content (AvgIpc) is 2.96. The van der Waals surface area contributed by atoms with Crippen molar-refractivity contribution in [2.75, 3.05) is 13.2 Å². The molecule has 1 saturated heterocycles. The Hall–Kier alpha value is -0.140. The van der Waals surface area contributed by atoms with Crippen molar-refractivity contribution in [2.45, 2.75) is 40.7 Å². The average molecular weight is 272 g/mol. The molecule has 1 aliphatic heterocycles. The highest BCUT2D eigenvalue weighted by atomic mass is 32.2. The summed E-state index contributed by atoms with van der Waals surface area (Å²) in [6.07, 6.45) is 4.59. The first kappa shape index (κ1) is 11.9. The van der Waals surface area contributed by atoms with Crippen LogP contribution in [0.3, 0.4) is 0 Å². The molecule has 2 unspecified atom stereocenters. The second kappa shape index (κ2) is 4.85. The number of hydrogen-bond donors (Lipinski definition) is 1. The summed E-state index contributed by atoms with van der Waals surface area (Å²) in [4.78, 5) is 4.30. The molecule has 0 amide bonds. The van der Waals surface area contributed by atoms with Gasteiger partial charge in [0.05, 0.1) is 13.2 Å². The fourth-order valence-corrected chi connectivity index (χ4v) is 4.57. The van der Waals surface area contributed by atoms with E-state index < -0.39 is 0 Å². The molecule has 1 aromatic rings. The number of aromatic nitrogens is 1. The summed E-state index contributed by atoms with van der Waals surface area (Å²) in [6, 6.07) is 0.210. The van der Waals surface area contributed by atoms with Crippen molar-refractivity contribution in [1.29, 1.82) is 0 Å². The lowest BCUT2D eigenvalue weighted by Gasteiger charge is -2.38. The Labute approximate surface area is 109 Å². The number of nitrogens with zero attached hydrogens (tertiary/aromatic N) is 1. The summed E-state index contributed by atoms with van der Waals surface area (Å²) in [5.41, 5.74) is 6.19. The van der Waals surface area contributed by atoms with Crippen molar-refractivity contribution in [1.82, 2.24) is 4.98 Å². The van der Waals surface area contributed by atoms with Crippen LogP contribution in [0, 0.1) is 0 Å². The fraction of sp³-hybridized carbons (Fsp3) is 0.727. The molecule has 0 bridgehead atoms. The Morgan fingerprint density at radius 3 is 3.00 bits per heavy atom. The van der Waals surface area contributed by atoms with Crippen LogP contribution in [0.1, 0.15) is 19.3 Å². The number of hydrogen-bond acceptors (Lipinski definition) is 6. The van der Waals surface area contributed by atoms with Gasteiger partial charge in [-0.3, -0.25) is 0 Å². The zero-order valence-corrected chi connectivity index (χ0v) is 11.1. The van der Waals surface area contributed by atoms with E-state index in [-0.39, 0.29) is 11.8 Å². The zero-order chi connectivity index (χ0) is 11.7. The van der Waals surface area contributed by atoms with Crippen molar-refractivity contribution < 1.29 is 9.47 Å². The molecule has 0 aromatic carbocycles. The minimum absolute atomic E-state index is 0.210. The monoisotopic (exact) mass is 272 g/mol. The van der Waals surface area contributed by atoms with E-state index in [4.69, 9.17) is 15.2 Å². The maximum absolute atomic E-state index is 6.19. The van der Waals surface area contributed by atoms with Gasteiger partial charge in [0.1, 0.15) is 4.34 Å². The second-order valence-electron chi connectivity index (χ2n) is 4.47. The minimum Gasteiger partial charge on any atom is -0.347 e. The van der Waals surface area contributed by atoms with E-state index in [1.165, 1.54) is 0 Å². The Kier molecular flexibility index (Phi) is 3.40. The summed E-state index contributed by atoms with van der Waals surface area (Å²) in [5.74, 6) is -0.356. The first-order chi connectivity index (χ1) is 8.27. The van der Waals surface area contributed by atoms with Crippen LogP contribution < -0.4 is 5.73 Å². The molecule has 2 N–H and O–H groups in total. The van der Waals surface area contributed by atoms with E-state index in [1.807, 2.05) is 11.6 Å². The van der Waals surface area contributed by atoms with Crippen LogP contribution in [0.5, 0.6) is 0 Å². The molecule has 94 valence electrons. The van der Waals surface area contributed by atoms with Gasteiger partial charge in [-0.05, 0) is 6.42 Å². The highest BCUT2D eigenvalue weighted by Gasteiger charge is 2.44. The van der Waals surface area contributed by atoms with Gasteiger partial charge in [-0.2, -0.15) is 0 Å². The summed E-state index contributed by atoms with van der Waals surface area (Å²) in [7, 11) is 0. The maximum atomic E-state index is 6.19. The number of nitrogens with two attached hydrogens (primary N) is 1. The minimum atomic E-state index is -0.356. The van der Waals surface area contributed by atoms with E-state index in [0.29, 0.717) is 18.5 Å². The molecule has 1 saturated carbocycles. The SMILES string of the molecule is NC1CCC2(CC1Sc1nccs1)OCCO2. The summed E-state index contributed by atoms with van der Waals surface area (Å²) in [5, 5.41) is 2.34. The van der Waals surface area contributed by atoms with Crippen molar-refractivity contribution in [3.63, 3.8) is 0 Å². The lowest BCUT2D eigenvalue weighted by Crippen LogP contribution is -2.47. The highest BCUT2D eigenvalue weighted by molar-refractivity contribution is 8.01. The van der Waals surface area contributed by atoms with Crippen LogP contribution in [0.15, 0.2) is 15.9 Å². The van der Waals surface area contributed by atoms with Gasteiger partial charge in [-0.15, -0.1) is 11.3 Å². The van der Waals surface area contributed by atoms with Gasteiger partial charge in [-0.25, -0.2) is 4.98 Å². The molecule has 1 aliphatic carbocycles. The molecule has 17 heavy (non-hydrogen) atoms. The molecule has 2 heterocycles. The van der Waals surface area contributed by atoms with Crippen LogP contribution in [0.25, 0.3) is 0 Å². The van der Waals surface area contributed by atoms with Crippen LogP contribution in [0.4, 0.5) is 0 Å². The van der Waals surface area contributed by atoms with Crippen LogP contribution in [0.2, 0.25) is 0 Å². The number of ether oxygens (including phenoxy) is 2. The zero-order valence-electron chi connectivity index (χ0n) is 9.50. The van der Waals surface area contributed by atoms with E-state index >= 15 is 0 Å². The van der Waals surface area contributed by atoms with Gasteiger partial charge < -0.3 is 15.2 Å². The second-order valence-corrected chi connectivity index (χ2v) is 6.85. The van der Waals surface area contributed by atoms with Crippen molar-refractivity contribution in [2.24, 2.45) is 5.73 Å². The third-order valence-electron chi connectivity index (χ3n) is 3.32. The Balaban J connectivity index is 1.69. The Bertz CT molecular complexity index is 366. The Morgan fingerprint density at radius 2 is 2.29 bits per heavy atom. The van der Waals surface area contributed by atoms with Gasteiger partial charge >= 0.3 is 0 Å². The third kappa shape index (κ3) is 2.51. The van der Waals surface area contributed by atoms with Crippen LogP contribution >= 0.6 is 23.1 Å². The lowest BCUT2D eigenvalue weighted by molar-refractivity contribution is -0.176. The quantitative estimate of drug-likeness (QED) is 0.890. The molecule has 0 radical (unpaired) electrons. The predicted molar refractivity (Wildman–Crippen MR) is 68.2 cm³/mol. The molecule has 3 rings (SSSR count). The molecule has 4 nitrogen and oxygen atoms in total. The smallest absolute Gasteiger partial charge is 0.169 e. The van der Waals surface area contributed by atoms with Crippen molar-refractivity contribution in [3.8, 4) is 0 Å². The molecule has 6 heteroatoms. The number of thiazole rings is 1. The molecular formula is C11H16N2O2S2. The van der Waals surface area contributed by atoms with Gasteiger partial charge in [0.25, 0.3) is 0 Å². The normalized spacial score (nSPS) is 32.1. The summed E-state index contributed by atoms with van der Waals surface area (Å²) >= 11 is 3.43. The standard InChI is InChI=1S/C11H16N2O2S2/c12-8-1-2-11(14-4-5-15-11)7-9(8)17-10-13-3-6-16-10/h3,6,8-9H,1-2,4-5,7,12H2. The van der Waals surface area contributed by atoms with E-state index in [2.05, 4.69) is 4.98 Å². The van der Waals surface area contributed by atoms with E-state index in [1.54, 1.807) is 23.1 Å². The Morgan fingerprint density at radius 1 is 1.47 bits per heavy atom. The maximum Gasteiger partial charge on any atom is 0.169 e. The summed E-state index contributed by atoms with van der Waals surface area (Å²) in [6.45, 7) is 1.42. The third-order valence-corrected chi connectivity index (χ3v) is 5.59. The summed E-state index contributed by atoms with van der Waals surface area (Å²) < 4.78 is 12.6.